The number of carboxylic acids is 1. The molecule has 1 aliphatic rings. The summed E-state index contributed by atoms with van der Waals surface area (Å²) in [5.74, 6) is -0.365. The number of carboxylic acid groups (broad SMARTS) is 1. The van der Waals surface area contributed by atoms with E-state index in [1.54, 1.807) is 6.92 Å². The van der Waals surface area contributed by atoms with Crippen molar-refractivity contribution in [3.63, 3.8) is 0 Å². The Morgan fingerprint density at radius 3 is 2.73 bits per heavy atom. The van der Waals surface area contributed by atoms with Gasteiger partial charge in [-0.2, -0.15) is 0 Å². The zero-order valence-corrected chi connectivity index (χ0v) is 10.3. The van der Waals surface area contributed by atoms with Crippen LogP contribution in [0.5, 0.6) is 0 Å². The van der Waals surface area contributed by atoms with Gasteiger partial charge in [0.2, 0.25) is 0 Å². The van der Waals surface area contributed by atoms with Gasteiger partial charge in [0.15, 0.2) is 0 Å². The second kappa shape index (κ2) is 5.64. The SMILES string of the molecule is CC1CCCC(S(=O)CC(C)C(=O)O)C1. The van der Waals surface area contributed by atoms with Gasteiger partial charge in [-0.25, -0.2) is 0 Å². The summed E-state index contributed by atoms with van der Waals surface area (Å²) < 4.78 is 11.9. The molecule has 0 aromatic heterocycles. The third kappa shape index (κ3) is 3.93. The van der Waals surface area contributed by atoms with Crippen LogP contribution in [0.3, 0.4) is 0 Å². The molecule has 0 radical (unpaired) electrons. The third-order valence-electron chi connectivity index (χ3n) is 3.10. The van der Waals surface area contributed by atoms with Crippen molar-refractivity contribution >= 4 is 16.8 Å². The Hall–Kier alpha value is -0.380. The van der Waals surface area contributed by atoms with Crippen molar-refractivity contribution < 1.29 is 14.1 Å². The molecule has 0 aromatic rings. The van der Waals surface area contributed by atoms with Crippen molar-refractivity contribution in [2.45, 2.75) is 44.8 Å². The maximum atomic E-state index is 11.9. The lowest BCUT2D eigenvalue weighted by molar-refractivity contribution is -0.140. The normalized spacial score (nSPS) is 30.8. The van der Waals surface area contributed by atoms with Gasteiger partial charge in [0.05, 0.1) is 5.92 Å². The van der Waals surface area contributed by atoms with Crippen LogP contribution in [-0.2, 0) is 15.6 Å². The van der Waals surface area contributed by atoms with Crippen molar-refractivity contribution in [1.82, 2.24) is 0 Å². The molecule has 0 bridgehead atoms. The van der Waals surface area contributed by atoms with Crippen LogP contribution < -0.4 is 0 Å². The minimum absolute atomic E-state index is 0.232. The van der Waals surface area contributed by atoms with Crippen LogP contribution in [0.25, 0.3) is 0 Å². The van der Waals surface area contributed by atoms with E-state index >= 15 is 0 Å². The van der Waals surface area contributed by atoms with Crippen molar-refractivity contribution in [3.05, 3.63) is 0 Å². The molecule has 1 rings (SSSR count). The molecule has 0 heterocycles. The van der Waals surface area contributed by atoms with Gasteiger partial charge in [-0.1, -0.05) is 26.7 Å². The smallest absolute Gasteiger partial charge is 0.307 e. The largest absolute Gasteiger partial charge is 0.481 e. The summed E-state index contributed by atoms with van der Waals surface area (Å²) in [5, 5.41) is 8.98. The van der Waals surface area contributed by atoms with Gasteiger partial charge >= 0.3 is 5.97 Å². The van der Waals surface area contributed by atoms with E-state index in [9.17, 15) is 9.00 Å². The Labute approximate surface area is 93.7 Å². The lowest BCUT2D eigenvalue weighted by atomic mass is 9.91. The molecule has 0 saturated heterocycles. The van der Waals surface area contributed by atoms with Crippen LogP contribution in [-0.4, -0.2) is 26.3 Å². The average molecular weight is 232 g/mol. The maximum absolute atomic E-state index is 11.9. The molecule has 1 fully saturated rings. The lowest BCUT2D eigenvalue weighted by Gasteiger charge is -2.26. The number of carbonyl (C=O) groups is 1. The molecule has 0 amide bonds. The minimum Gasteiger partial charge on any atom is -0.481 e. The fourth-order valence-corrected chi connectivity index (χ4v) is 3.95. The molecule has 4 unspecified atom stereocenters. The molecule has 0 aromatic carbocycles. The van der Waals surface area contributed by atoms with Crippen LogP contribution in [0.1, 0.15) is 39.5 Å². The summed E-state index contributed by atoms with van der Waals surface area (Å²) in [6, 6.07) is 0. The highest BCUT2D eigenvalue weighted by Crippen LogP contribution is 2.27. The van der Waals surface area contributed by atoms with Crippen LogP contribution in [0.15, 0.2) is 0 Å². The van der Waals surface area contributed by atoms with Gasteiger partial charge in [0, 0.05) is 21.8 Å². The van der Waals surface area contributed by atoms with Gasteiger partial charge in [0.1, 0.15) is 0 Å². The highest BCUT2D eigenvalue weighted by Gasteiger charge is 2.26. The summed E-state index contributed by atoms with van der Waals surface area (Å²) in [6.07, 6.45) is 4.36. The van der Waals surface area contributed by atoms with Crippen LogP contribution in [0, 0.1) is 11.8 Å². The first-order chi connectivity index (χ1) is 7.00. The molecule has 1 saturated carbocycles. The van der Waals surface area contributed by atoms with Gasteiger partial charge in [-0.15, -0.1) is 0 Å². The van der Waals surface area contributed by atoms with E-state index in [1.165, 1.54) is 6.42 Å². The number of hydrogen-bond donors (Lipinski definition) is 1. The van der Waals surface area contributed by atoms with Crippen molar-refractivity contribution in [1.29, 1.82) is 0 Å². The van der Waals surface area contributed by atoms with Crippen molar-refractivity contribution in [2.24, 2.45) is 11.8 Å². The van der Waals surface area contributed by atoms with E-state index in [1.807, 2.05) is 0 Å². The van der Waals surface area contributed by atoms with E-state index in [4.69, 9.17) is 5.11 Å². The highest BCUT2D eigenvalue weighted by atomic mass is 32.2. The molecule has 1 aliphatic carbocycles. The first-order valence-electron chi connectivity index (χ1n) is 5.60. The molecule has 0 aliphatic heterocycles. The zero-order chi connectivity index (χ0) is 11.4. The molecular weight excluding hydrogens is 212 g/mol. The summed E-state index contributed by atoms with van der Waals surface area (Å²) in [6.45, 7) is 3.82. The Bertz CT molecular complexity index is 252. The average Bonchev–Trinajstić information content (AvgIpc) is 2.17. The Morgan fingerprint density at radius 1 is 1.53 bits per heavy atom. The topological polar surface area (TPSA) is 54.4 Å². The number of aliphatic carboxylic acids is 1. The van der Waals surface area contributed by atoms with E-state index in [0.717, 1.165) is 19.3 Å². The quantitative estimate of drug-likeness (QED) is 0.807. The highest BCUT2D eigenvalue weighted by molar-refractivity contribution is 7.85. The second-order valence-corrected chi connectivity index (χ2v) is 6.44. The fraction of sp³-hybridized carbons (Fsp3) is 0.909. The maximum Gasteiger partial charge on any atom is 0.307 e. The monoisotopic (exact) mass is 232 g/mol. The molecule has 88 valence electrons. The van der Waals surface area contributed by atoms with Crippen molar-refractivity contribution in [2.75, 3.05) is 5.75 Å². The molecule has 4 heteroatoms. The van der Waals surface area contributed by atoms with Gasteiger partial charge < -0.3 is 5.11 Å². The number of rotatable bonds is 4. The third-order valence-corrected chi connectivity index (χ3v) is 5.10. The first kappa shape index (κ1) is 12.7. The lowest BCUT2D eigenvalue weighted by Crippen LogP contribution is -2.28. The molecule has 0 spiro atoms. The molecular formula is C11H20O3S. The Kier molecular flexibility index (Phi) is 4.77. The molecule has 4 atom stereocenters. The summed E-state index contributed by atoms with van der Waals surface area (Å²) in [4.78, 5) is 10.6. The van der Waals surface area contributed by atoms with Gasteiger partial charge in [-0.05, 0) is 18.8 Å². The Balaban J connectivity index is 2.42. The summed E-state index contributed by atoms with van der Waals surface area (Å²) in [5.41, 5.74) is 0. The van der Waals surface area contributed by atoms with Crippen molar-refractivity contribution in [3.8, 4) is 0 Å². The van der Waals surface area contributed by atoms with E-state index in [2.05, 4.69) is 6.92 Å². The van der Waals surface area contributed by atoms with E-state index < -0.39 is 22.7 Å². The van der Waals surface area contributed by atoms with E-state index in [-0.39, 0.29) is 5.25 Å². The zero-order valence-electron chi connectivity index (χ0n) is 9.44. The van der Waals surface area contributed by atoms with E-state index in [0.29, 0.717) is 11.7 Å². The van der Waals surface area contributed by atoms with Gasteiger partial charge in [0.25, 0.3) is 0 Å². The Morgan fingerprint density at radius 2 is 2.20 bits per heavy atom. The molecule has 1 N–H and O–H groups in total. The minimum atomic E-state index is -0.959. The number of hydrogen-bond acceptors (Lipinski definition) is 2. The van der Waals surface area contributed by atoms with Crippen LogP contribution in [0.4, 0.5) is 0 Å². The predicted molar refractivity (Wildman–Crippen MR) is 61.2 cm³/mol. The predicted octanol–water partition coefficient (Wildman–Crippen LogP) is 2.03. The molecule has 3 nitrogen and oxygen atoms in total. The molecule has 15 heavy (non-hydrogen) atoms. The first-order valence-corrected chi connectivity index (χ1v) is 6.99. The van der Waals surface area contributed by atoms with Crippen LogP contribution in [0.2, 0.25) is 0 Å². The summed E-state index contributed by atoms with van der Waals surface area (Å²) in [7, 11) is -0.959. The fourth-order valence-electron chi connectivity index (χ4n) is 2.07. The van der Waals surface area contributed by atoms with Gasteiger partial charge in [-0.3, -0.25) is 9.00 Å². The second-order valence-electron chi connectivity index (χ2n) is 4.68. The standard InChI is InChI=1S/C11H20O3S/c1-8-4-3-5-10(6-8)15(14)7-9(2)11(12)13/h8-10H,3-7H2,1-2H3,(H,12,13). The van der Waals surface area contributed by atoms with Crippen LogP contribution >= 0.6 is 0 Å². The summed E-state index contributed by atoms with van der Waals surface area (Å²) >= 11 is 0.